The lowest BCUT2D eigenvalue weighted by Gasteiger charge is -1.87. The number of H-pyrrole nitrogens is 1. The minimum Gasteiger partial charge on any atom is -0.267 e. The summed E-state index contributed by atoms with van der Waals surface area (Å²) in [6.45, 7) is 1.79. The normalized spacial score (nSPS) is 10.6. The van der Waals surface area contributed by atoms with Gasteiger partial charge in [-0.2, -0.15) is 10.1 Å². The van der Waals surface area contributed by atoms with E-state index in [2.05, 4.69) is 15.3 Å². The van der Waals surface area contributed by atoms with Crippen LogP contribution in [0.1, 0.15) is 5.69 Å². The van der Waals surface area contributed by atoms with Crippen LogP contribution in [0.5, 0.6) is 0 Å². The summed E-state index contributed by atoms with van der Waals surface area (Å²) in [5, 5.41) is 6.55. The quantitative estimate of drug-likeness (QED) is 0.562. The Hall–Kier alpha value is -1.65. The van der Waals surface area contributed by atoms with Gasteiger partial charge >= 0.3 is 0 Å². The maximum Gasteiger partial charge on any atom is 0.273 e. The molecule has 2 heterocycles. The number of aromatic nitrogens is 4. The third-order valence-electron chi connectivity index (χ3n) is 1.46. The first-order valence-corrected chi connectivity index (χ1v) is 3.18. The van der Waals surface area contributed by atoms with Gasteiger partial charge in [-0.3, -0.25) is 4.79 Å². The number of hydrogen-bond donors (Lipinski definition) is 1. The van der Waals surface area contributed by atoms with Crippen molar-refractivity contribution in [3.8, 4) is 0 Å². The molecule has 0 radical (unpaired) electrons. The Labute approximate surface area is 61.7 Å². The predicted molar refractivity (Wildman–Crippen MR) is 38.3 cm³/mol. The van der Waals surface area contributed by atoms with Crippen molar-refractivity contribution in [1.82, 2.24) is 19.8 Å². The number of aryl methyl sites for hydroxylation is 1. The fourth-order valence-electron chi connectivity index (χ4n) is 0.919. The Balaban J connectivity index is 2.98. The molecule has 2 rings (SSSR count). The number of aromatic amines is 1. The van der Waals surface area contributed by atoms with Gasteiger partial charge in [0.15, 0.2) is 5.65 Å². The standard InChI is InChI=1S/C6H6N4O/c1-4-6-7-5(11)2-3-10(6)9-8-4/h2-3,9H,1H3. The third-order valence-corrected chi connectivity index (χ3v) is 1.46. The molecule has 0 atom stereocenters. The molecule has 2 aromatic heterocycles. The van der Waals surface area contributed by atoms with Gasteiger partial charge in [-0.15, -0.1) is 0 Å². The minimum atomic E-state index is -0.241. The van der Waals surface area contributed by atoms with Gasteiger partial charge in [0, 0.05) is 12.3 Å². The second-order valence-electron chi connectivity index (χ2n) is 2.26. The van der Waals surface area contributed by atoms with Crippen LogP contribution >= 0.6 is 0 Å². The second kappa shape index (κ2) is 1.91. The van der Waals surface area contributed by atoms with Gasteiger partial charge in [0.1, 0.15) is 5.69 Å². The lowest BCUT2D eigenvalue weighted by Crippen LogP contribution is -2.05. The second-order valence-corrected chi connectivity index (χ2v) is 2.26. The highest BCUT2D eigenvalue weighted by molar-refractivity contribution is 5.39. The molecule has 0 aliphatic rings. The van der Waals surface area contributed by atoms with Crippen LogP contribution in [-0.4, -0.2) is 19.8 Å². The number of fused-ring (bicyclic) bond motifs is 1. The average molecular weight is 150 g/mol. The molecule has 0 spiro atoms. The average Bonchev–Trinajstić information content (AvgIpc) is 2.33. The summed E-state index contributed by atoms with van der Waals surface area (Å²) in [7, 11) is 0. The molecule has 0 amide bonds. The Morgan fingerprint density at radius 2 is 2.45 bits per heavy atom. The molecule has 2 aromatic rings. The van der Waals surface area contributed by atoms with E-state index < -0.39 is 0 Å². The highest BCUT2D eigenvalue weighted by atomic mass is 16.1. The van der Waals surface area contributed by atoms with Gasteiger partial charge in [0.25, 0.3) is 5.56 Å². The Kier molecular flexibility index (Phi) is 1.06. The van der Waals surface area contributed by atoms with Crippen LogP contribution in [0.25, 0.3) is 5.65 Å². The highest BCUT2D eigenvalue weighted by Gasteiger charge is 1.99. The zero-order valence-corrected chi connectivity index (χ0v) is 5.90. The van der Waals surface area contributed by atoms with Gasteiger partial charge in [-0.25, -0.2) is 9.73 Å². The zero-order valence-electron chi connectivity index (χ0n) is 5.90. The molecule has 0 saturated heterocycles. The summed E-state index contributed by atoms with van der Waals surface area (Å²) in [5.74, 6) is 0. The first kappa shape index (κ1) is 6.09. The molecule has 0 saturated carbocycles. The van der Waals surface area contributed by atoms with E-state index in [1.165, 1.54) is 6.07 Å². The minimum absolute atomic E-state index is 0.241. The summed E-state index contributed by atoms with van der Waals surface area (Å²) in [4.78, 5) is 14.5. The van der Waals surface area contributed by atoms with Crippen molar-refractivity contribution in [2.24, 2.45) is 0 Å². The molecule has 0 aliphatic heterocycles. The summed E-state index contributed by atoms with van der Waals surface area (Å²) >= 11 is 0. The van der Waals surface area contributed by atoms with Gasteiger partial charge < -0.3 is 0 Å². The van der Waals surface area contributed by atoms with E-state index >= 15 is 0 Å². The summed E-state index contributed by atoms with van der Waals surface area (Å²) < 4.78 is 1.59. The lowest BCUT2D eigenvalue weighted by molar-refractivity contribution is 0.839. The number of nitrogens with zero attached hydrogens (tertiary/aromatic N) is 3. The van der Waals surface area contributed by atoms with Crippen molar-refractivity contribution in [2.75, 3.05) is 0 Å². The molecule has 0 fully saturated rings. The zero-order chi connectivity index (χ0) is 7.84. The first-order valence-electron chi connectivity index (χ1n) is 3.18. The topological polar surface area (TPSA) is 63.1 Å². The van der Waals surface area contributed by atoms with Gasteiger partial charge in [-0.1, -0.05) is 0 Å². The molecule has 0 bridgehead atoms. The van der Waals surface area contributed by atoms with Gasteiger partial charge in [-0.05, 0) is 6.92 Å². The molecule has 0 unspecified atom stereocenters. The van der Waals surface area contributed by atoms with E-state index in [-0.39, 0.29) is 5.56 Å². The SMILES string of the molecule is Cc1n[nH]n2ccc(=O)nc12. The van der Waals surface area contributed by atoms with Crippen LogP contribution in [0, 0.1) is 6.92 Å². The van der Waals surface area contributed by atoms with Crippen LogP contribution in [0.3, 0.4) is 0 Å². The third kappa shape index (κ3) is 0.813. The van der Waals surface area contributed by atoms with E-state index in [1.54, 1.807) is 17.6 Å². The largest absolute Gasteiger partial charge is 0.273 e. The Morgan fingerprint density at radius 1 is 1.64 bits per heavy atom. The number of rotatable bonds is 0. The van der Waals surface area contributed by atoms with E-state index in [1.807, 2.05) is 0 Å². The molecule has 0 aromatic carbocycles. The molecular formula is C6H6N4O. The Morgan fingerprint density at radius 3 is 3.27 bits per heavy atom. The summed E-state index contributed by atoms with van der Waals surface area (Å²) in [5.41, 5.74) is 1.06. The summed E-state index contributed by atoms with van der Waals surface area (Å²) in [6, 6.07) is 1.38. The molecule has 5 nitrogen and oxygen atoms in total. The predicted octanol–water partition coefficient (Wildman–Crippen LogP) is -0.274. The fourth-order valence-corrected chi connectivity index (χ4v) is 0.919. The van der Waals surface area contributed by atoms with Crippen molar-refractivity contribution in [3.05, 3.63) is 28.3 Å². The van der Waals surface area contributed by atoms with Crippen molar-refractivity contribution >= 4 is 5.65 Å². The van der Waals surface area contributed by atoms with Crippen LogP contribution in [-0.2, 0) is 0 Å². The van der Waals surface area contributed by atoms with E-state index in [0.717, 1.165) is 5.69 Å². The molecule has 56 valence electrons. The fraction of sp³-hybridized carbons (Fsp3) is 0.167. The first-order chi connectivity index (χ1) is 5.27. The van der Waals surface area contributed by atoms with Crippen molar-refractivity contribution in [2.45, 2.75) is 6.92 Å². The molecule has 1 N–H and O–H groups in total. The highest BCUT2D eigenvalue weighted by Crippen LogP contribution is 1.97. The van der Waals surface area contributed by atoms with E-state index in [9.17, 15) is 4.79 Å². The molecule has 11 heavy (non-hydrogen) atoms. The van der Waals surface area contributed by atoms with Gasteiger partial charge in [0.2, 0.25) is 0 Å². The van der Waals surface area contributed by atoms with E-state index in [0.29, 0.717) is 5.65 Å². The maximum atomic E-state index is 10.8. The van der Waals surface area contributed by atoms with Crippen molar-refractivity contribution in [1.29, 1.82) is 0 Å². The molecule has 5 heteroatoms. The van der Waals surface area contributed by atoms with Crippen molar-refractivity contribution < 1.29 is 0 Å². The summed E-state index contributed by atoms with van der Waals surface area (Å²) in [6.07, 6.45) is 1.60. The number of nitrogens with one attached hydrogen (secondary N) is 1. The monoisotopic (exact) mass is 150 g/mol. The smallest absolute Gasteiger partial charge is 0.267 e. The molecular weight excluding hydrogens is 144 g/mol. The van der Waals surface area contributed by atoms with Crippen LogP contribution < -0.4 is 5.56 Å². The van der Waals surface area contributed by atoms with Crippen LogP contribution in [0.15, 0.2) is 17.1 Å². The molecule has 0 aliphatic carbocycles. The maximum absolute atomic E-state index is 10.8. The van der Waals surface area contributed by atoms with E-state index in [4.69, 9.17) is 0 Å². The Bertz CT molecular complexity index is 441. The number of hydrogen-bond acceptors (Lipinski definition) is 3. The lowest BCUT2D eigenvalue weighted by atomic mass is 10.5. The van der Waals surface area contributed by atoms with Crippen molar-refractivity contribution in [3.63, 3.8) is 0 Å². The van der Waals surface area contributed by atoms with Crippen LogP contribution in [0.2, 0.25) is 0 Å². The van der Waals surface area contributed by atoms with Crippen LogP contribution in [0.4, 0.5) is 0 Å². The van der Waals surface area contributed by atoms with Gasteiger partial charge in [0.05, 0.1) is 0 Å².